The highest BCUT2D eigenvalue weighted by molar-refractivity contribution is 5.98. The second-order valence-corrected chi connectivity index (χ2v) is 9.42. The molecule has 7 heteroatoms. The Kier molecular flexibility index (Phi) is 9.07. The van der Waals surface area contributed by atoms with E-state index in [1.807, 2.05) is 12.1 Å². The first-order valence-corrected chi connectivity index (χ1v) is 12.0. The number of hydrogen-bond acceptors (Lipinski definition) is 5. The van der Waals surface area contributed by atoms with Crippen LogP contribution in [0.5, 0.6) is 5.75 Å². The molecule has 1 saturated heterocycles. The Balaban J connectivity index is 1.88. The molecule has 2 unspecified atom stereocenters. The van der Waals surface area contributed by atoms with Crippen molar-refractivity contribution in [1.82, 2.24) is 15.1 Å². The quantitative estimate of drug-likeness (QED) is 0.562. The molecule has 184 valence electrons. The molecular formula is C27H38N4O3. The number of nitrogens with two attached hydrogens (primary N) is 1. The van der Waals surface area contributed by atoms with Gasteiger partial charge in [0.15, 0.2) is 0 Å². The Hall–Kier alpha value is -2.90. The summed E-state index contributed by atoms with van der Waals surface area (Å²) < 4.78 is 5.30. The third-order valence-electron chi connectivity index (χ3n) is 6.35. The molecule has 0 saturated carbocycles. The van der Waals surface area contributed by atoms with Gasteiger partial charge in [0.1, 0.15) is 11.8 Å². The van der Waals surface area contributed by atoms with Crippen LogP contribution in [0.25, 0.3) is 0 Å². The molecule has 0 bridgehead atoms. The number of nitrogens with one attached hydrogen (secondary N) is 1. The van der Waals surface area contributed by atoms with Gasteiger partial charge < -0.3 is 20.7 Å². The molecule has 2 amide bonds. The normalized spacial score (nSPS) is 17.9. The second kappa shape index (κ2) is 12.0. The smallest absolute Gasteiger partial charge is 0.254 e. The highest BCUT2D eigenvalue weighted by atomic mass is 16.5. The predicted octanol–water partition coefficient (Wildman–Crippen LogP) is 2.82. The Morgan fingerprint density at radius 2 is 1.97 bits per heavy atom. The highest BCUT2D eigenvalue weighted by Crippen LogP contribution is 2.28. The molecule has 3 rings (SSSR count). The summed E-state index contributed by atoms with van der Waals surface area (Å²) >= 11 is 0. The van der Waals surface area contributed by atoms with Gasteiger partial charge in [0.05, 0.1) is 7.11 Å². The van der Waals surface area contributed by atoms with Crippen LogP contribution in [0.2, 0.25) is 0 Å². The van der Waals surface area contributed by atoms with Gasteiger partial charge in [-0.1, -0.05) is 44.2 Å². The SMILES string of the molecule is COc1cccc(C(=O)N2CC(N(Cc3ccccc3C)CC(C)C)CC2C(=O)NCCN)c1. The minimum atomic E-state index is -0.540. The Morgan fingerprint density at radius 1 is 1.21 bits per heavy atom. The van der Waals surface area contributed by atoms with Crippen molar-refractivity contribution in [2.75, 3.05) is 33.3 Å². The van der Waals surface area contributed by atoms with Gasteiger partial charge in [-0.3, -0.25) is 14.5 Å². The highest BCUT2D eigenvalue weighted by Gasteiger charge is 2.42. The molecule has 2 aromatic rings. The van der Waals surface area contributed by atoms with E-state index in [4.69, 9.17) is 10.5 Å². The fourth-order valence-electron chi connectivity index (χ4n) is 4.60. The summed E-state index contributed by atoms with van der Waals surface area (Å²) in [6.45, 7) is 9.44. The van der Waals surface area contributed by atoms with Crippen molar-refractivity contribution in [2.45, 2.75) is 45.8 Å². The van der Waals surface area contributed by atoms with Crippen LogP contribution >= 0.6 is 0 Å². The lowest BCUT2D eigenvalue weighted by molar-refractivity contribution is -0.124. The van der Waals surface area contributed by atoms with Crippen LogP contribution in [0, 0.1) is 12.8 Å². The molecule has 1 heterocycles. The van der Waals surface area contributed by atoms with Gasteiger partial charge in [-0.15, -0.1) is 0 Å². The first-order chi connectivity index (χ1) is 16.3. The van der Waals surface area contributed by atoms with Crippen molar-refractivity contribution in [3.63, 3.8) is 0 Å². The molecule has 2 atom stereocenters. The van der Waals surface area contributed by atoms with Gasteiger partial charge in [0.25, 0.3) is 5.91 Å². The third kappa shape index (κ3) is 6.36. The minimum Gasteiger partial charge on any atom is -0.497 e. The number of hydrogen-bond donors (Lipinski definition) is 2. The van der Waals surface area contributed by atoms with Gasteiger partial charge in [0.2, 0.25) is 5.91 Å². The molecule has 0 aromatic heterocycles. The number of methoxy groups -OCH3 is 1. The van der Waals surface area contributed by atoms with Gasteiger partial charge in [-0.2, -0.15) is 0 Å². The number of amides is 2. The van der Waals surface area contributed by atoms with E-state index >= 15 is 0 Å². The topological polar surface area (TPSA) is 87.9 Å². The third-order valence-corrected chi connectivity index (χ3v) is 6.35. The summed E-state index contributed by atoms with van der Waals surface area (Å²) in [7, 11) is 1.58. The number of carbonyl (C=O) groups is 2. The number of nitrogens with zero attached hydrogens (tertiary/aromatic N) is 2. The zero-order valence-corrected chi connectivity index (χ0v) is 20.8. The van der Waals surface area contributed by atoms with E-state index in [2.05, 4.69) is 49.2 Å². The lowest BCUT2D eigenvalue weighted by Gasteiger charge is -2.31. The molecule has 1 fully saturated rings. The van der Waals surface area contributed by atoms with Crippen LogP contribution < -0.4 is 15.8 Å². The number of ether oxygens (including phenoxy) is 1. The average molecular weight is 467 g/mol. The first kappa shape index (κ1) is 25.7. The number of aryl methyl sites for hydroxylation is 1. The van der Waals surface area contributed by atoms with Crippen LogP contribution in [0.15, 0.2) is 48.5 Å². The van der Waals surface area contributed by atoms with Crippen molar-refractivity contribution < 1.29 is 14.3 Å². The van der Waals surface area contributed by atoms with E-state index in [0.717, 1.165) is 13.1 Å². The van der Waals surface area contributed by atoms with Gasteiger partial charge >= 0.3 is 0 Å². The number of rotatable bonds is 10. The molecule has 0 spiro atoms. The molecular weight excluding hydrogens is 428 g/mol. The van der Waals surface area contributed by atoms with Crippen LogP contribution in [-0.4, -0.2) is 67.0 Å². The van der Waals surface area contributed by atoms with E-state index in [1.165, 1.54) is 11.1 Å². The summed E-state index contributed by atoms with van der Waals surface area (Å²) in [6, 6.07) is 15.0. The summed E-state index contributed by atoms with van der Waals surface area (Å²) in [5.74, 6) is 0.766. The van der Waals surface area contributed by atoms with Crippen molar-refractivity contribution in [1.29, 1.82) is 0 Å². The van der Waals surface area contributed by atoms with E-state index < -0.39 is 6.04 Å². The molecule has 34 heavy (non-hydrogen) atoms. The molecule has 0 radical (unpaired) electrons. The fraction of sp³-hybridized carbons (Fsp3) is 0.481. The molecule has 7 nitrogen and oxygen atoms in total. The average Bonchev–Trinajstić information content (AvgIpc) is 3.28. The number of benzene rings is 2. The van der Waals surface area contributed by atoms with Crippen LogP contribution in [0.1, 0.15) is 41.8 Å². The Morgan fingerprint density at radius 3 is 2.65 bits per heavy atom. The minimum absolute atomic E-state index is 0.0743. The van der Waals surface area contributed by atoms with Crippen molar-refractivity contribution in [3.05, 3.63) is 65.2 Å². The van der Waals surface area contributed by atoms with E-state index in [-0.39, 0.29) is 17.9 Å². The molecule has 1 aliphatic rings. The maximum atomic E-state index is 13.6. The lowest BCUT2D eigenvalue weighted by atomic mass is 10.0. The van der Waals surface area contributed by atoms with Crippen molar-refractivity contribution in [3.8, 4) is 5.75 Å². The van der Waals surface area contributed by atoms with Crippen LogP contribution in [0.4, 0.5) is 0 Å². The standard InChI is InChI=1S/C27H38N4O3/c1-19(2)16-30(17-22-9-6-5-8-20(22)3)23-15-25(26(32)29-13-12-28)31(18-23)27(33)21-10-7-11-24(14-21)34-4/h5-11,14,19,23,25H,12-13,15-18,28H2,1-4H3,(H,29,32). The summed E-state index contributed by atoms with van der Waals surface area (Å²) in [6.07, 6.45) is 0.588. The summed E-state index contributed by atoms with van der Waals surface area (Å²) in [5, 5.41) is 2.89. The monoisotopic (exact) mass is 466 g/mol. The maximum absolute atomic E-state index is 13.6. The first-order valence-electron chi connectivity index (χ1n) is 12.0. The molecule has 3 N–H and O–H groups in total. The molecule has 0 aliphatic carbocycles. The second-order valence-electron chi connectivity index (χ2n) is 9.42. The Labute approximate surface area is 203 Å². The van der Waals surface area contributed by atoms with E-state index in [9.17, 15) is 9.59 Å². The van der Waals surface area contributed by atoms with Gasteiger partial charge in [0, 0.05) is 44.3 Å². The van der Waals surface area contributed by atoms with Gasteiger partial charge in [-0.25, -0.2) is 0 Å². The zero-order chi connectivity index (χ0) is 24.7. The van der Waals surface area contributed by atoms with E-state index in [1.54, 1.807) is 30.2 Å². The van der Waals surface area contributed by atoms with Gasteiger partial charge in [-0.05, 0) is 48.6 Å². The van der Waals surface area contributed by atoms with Crippen molar-refractivity contribution in [2.24, 2.45) is 11.7 Å². The van der Waals surface area contributed by atoms with Crippen LogP contribution in [-0.2, 0) is 11.3 Å². The number of carbonyl (C=O) groups excluding carboxylic acids is 2. The predicted molar refractivity (Wildman–Crippen MR) is 135 cm³/mol. The van der Waals surface area contributed by atoms with E-state index in [0.29, 0.717) is 43.3 Å². The number of likely N-dealkylation sites (tertiary alicyclic amines) is 1. The lowest BCUT2D eigenvalue weighted by Crippen LogP contribution is -2.47. The Bertz CT molecular complexity index is 978. The van der Waals surface area contributed by atoms with Crippen molar-refractivity contribution >= 4 is 11.8 Å². The summed E-state index contributed by atoms with van der Waals surface area (Å²) in [5.41, 5.74) is 8.64. The largest absolute Gasteiger partial charge is 0.497 e. The molecule has 1 aliphatic heterocycles. The molecule has 2 aromatic carbocycles. The summed E-state index contributed by atoms with van der Waals surface area (Å²) in [4.78, 5) is 30.8. The maximum Gasteiger partial charge on any atom is 0.254 e. The zero-order valence-electron chi connectivity index (χ0n) is 20.8. The fourth-order valence-corrected chi connectivity index (χ4v) is 4.60. The van der Waals surface area contributed by atoms with Crippen LogP contribution in [0.3, 0.4) is 0 Å².